The Morgan fingerprint density at radius 1 is 1.34 bits per heavy atom. The number of hydrogen-bond acceptors (Lipinski definition) is 8. The summed E-state index contributed by atoms with van der Waals surface area (Å²) in [6.45, 7) is 1.10. The number of rotatable bonds is 7. The Morgan fingerprint density at radius 2 is 2.23 bits per heavy atom. The van der Waals surface area contributed by atoms with Gasteiger partial charge in [0.2, 0.25) is 5.91 Å². The number of benzene rings is 1. The van der Waals surface area contributed by atoms with Crippen molar-refractivity contribution in [3.8, 4) is 5.75 Å². The second kappa shape index (κ2) is 10.4. The lowest BCUT2D eigenvalue weighted by Crippen LogP contribution is -2.47. The number of amides is 1. The van der Waals surface area contributed by atoms with Crippen molar-refractivity contribution in [3.63, 3.8) is 0 Å². The van der Waals surface area contributed by atoms with Gasteiger partial charge in [-0.25, -0.2) is 9.37 Å². The summed E-state index contributed by atoms with van der Waals surface area (Å²) in [5, 5.41) is 7.01. The van der Waals surface area contributed by atoms with E-state index in [9.17, 15) is 9.18 Å². The molecule has 184 valence electrons. The first-order valence-corrected chi connectivity index (χ1v) is 12.6. The van der Waals surface area contributed by atoms with Gasteiger partial charge >= 0.3 is 0 Å². The number of ether oxygens (including phenoxy) is 2. The Hall–Kier alpha value is -2.79. The minimum absolute atomic E-state index is 0.0260. The van der Waals surface area contributed by atoms with Gasteiger partial charge in [-0.05, 0) is 49.6 Å². The second-order valence-electron chi connectivity index (χ2n) is 8.85. The Labute approximate surface area is 207 Å². The van der Waals surface area contributed by atoms with Gasteiger partial charge in [0.1, 0.15) is 17.4 Å². The van der Waals surface area contributed by atoms with Crippen LogP contribution in [-0.4, -0.2) is 53.5 Å². The van der Waals surface area contributed by atoms with Crippen LogP contribution < -0.4 is 21.1 Å². The molecule has 5 rings (SSSR count). The maximum atomic E-state index is 14.7. The molecule has 4 N–H and O–H groups in total. The third kappa shape index (κ3) is 5.40. The molecule has 1 fully saturated rings. The van der Waals surface area contributed by atoms with Crippen LogP contribution >= 0.6 is 11.8 Å². The molecular weight excluding hydrogens is 469 g/mol. The van der Waals surface area contributed by atoms with Crippen molar-refractivity contribution < 1.29 is 18.7 Å². The van der Waals surface area contributed by atoms with Gasteiger partial charge in [0.25, 0.3) is 0 Å². The number of hydrogen-bond donors (Lipinski definition) is 3. The van der Waals surface area contributed by atoms with Crippen molar-refractivity contribution in [3.05, 3.63) is 53.6 Å². The summed E-state index contributed by atoms with van der Waals surface area (Å²) in [6, 6.07) is 9.22. The predicted octanol–water partition coefficient (Wildman–Crippen LogP) is 3.03. The van der Waals surface area contributed by atoms with Gasteiger partial charge in [0, 0.05) is 29.6 Å². The summed E-state index contributed by atoms with van der Waals surface area (Å²) in [5.74, 6) is 1.31. The largest absolute Gasteiger partial charge is 0.497 e. The van der Waals surface area contributed by atoms with E-state index in [4.69, 9.17) is 15.2 Å². The molecule has 3 atom stereocenters. The monoisotopic (exact) mass is 497 g/mol. The molecule has 4 heterocycles. The number of nitrogens with zero attached hydrogens (tertiary/aromatic N) is 2. The number of anilines is 1. The summed E-state index contributed by atoms with van der Waals surface area (Å²) in [5.41, 5.74) is 8.59. The summed E-state index contributed by atoms with van der Waals surface area (Å²) < 4.78 is 26.1. The Morgan fingerprint density at radius 3 is 3.03 bits per heavy atom. The van der Waals surface area contributed by atoms with E-state index in [-0.39, 0.29) is 29.9 Å². The van der Waals surface area contributed by atoms with Crippen LogP contribution in [-0.2, 0) is 22.5 Å². The average Bonchev–Trinajstić information content (AvgIpc) is 2.88. The summed E-state index contributed by atoms with van der Waals surface area (Å²) in [6.07, 6.45) is 3.11. The SMILES string of the molecule is COc1ccc2ncc(F)c(CC(N)[C@@H]3CC[C@@H](NCc4ccc5c(n4)NC(=O)CS5)CO3)c2c1. The number of carbonyl (C=O) groups is 1. The van der Waals surface area contributed by atoms with Crippen molar-refractivity contribution in [2.24, 2.45) is 5.73 Å². The molecular formula is C25H28FN5O3S. The van der Waals surface area contributed by atoms with E-state index in [0.717, 1.165) is 23.4 Å². The third-order valence-corrected chi connectivity index (χ3v) is 7.51. The first-order valence-electron chi connectivity index (χ1n) is 11.6. The van der Waals surface area contributed by atoms with Gasteiger partial charge in [-0.2, -0.15) is 0 Å². The van der Waals surface area contributed by atoms with Gasteiger partial charge in [0.15, 0.2) is 0 Å². The van der Waals surface area contributed by atoms with Gasteiger partial charge < -0.3 is 25.8 Å². The summed E-state index contributed by atoms with van der Waals surface area (Å²) in [4.78, 5) is 21.3. The van der Waals surface area contributed by atoms with Crippen molar-refractivity contribution in [1.29, 1.82) is 0 Å². The van der Waals surface area contributed by atoms with Crippen molar-refractivity contribution in [2.75, 3.05) is 24.8 Å². The molecule has 0 spiro atoms. The van der Waals surface area contributed by atoms with Crippen LogP contribution in [0.1, 0.15) is 24.1 Å². The highest BCUT2D eigenvalue weighted by molar-refractivity contribution is 8.00. The fourth-order valence-corrected chi connectivity index (χ4v) is 5.28. The lowest BCUT2D eigenvalue weighted by Gasteiger charge is -2.33. The standard InChI is InChI=1S/C25H28FN5O3S/c1-33-16-4-5-21-18(8-16)17(19(26)11-29-21)9-20(27)22-6-2-15(12-34-22)28-10-14-3-7-23-25(30-14)31-24(32)13-35-23/h3-5,7-8,11,15,20,22,28H,2,6,9-10,12-13,27H2,1H3,(H,30,31,32)/t15-,20?,22+/m1/s1. The minimum atomic E-state index is -0.372. The number of methoxy groups -OCH3 is 1. The van der Waals surface area contributed by atoms with E-state index in [1.165, 1.54) is 18.0 Å². The molecule has 0 bridgehead atoms. The van der Waals surface area contributed by atoms with E-state index in [2.05, 4.69) is 20.6 Å². The number of aromatic nitrogens is 2. The Balaban J connectivity index is 1.16. The van der Waals surface area contributed by atoms with Crippen molar-refractivity contribution in [2.45, 2.75) is 48.9 Å². The van der Waals surface area contributed by atoms with Crippen LogP contribution in [0, 0.1) is 5.82 Å². The van der Waals surface area contributed by atoms with Crippen molar-refractivity contribution in [1.82, 2.24) is 15.3 Å². The molecule has 1 aromatic carbocycles. The first-order chi connectivity index (χ1) is 17.0. The first kappa shape index (κ1) is 23.9. The Kier molecular flexibility index (Phi) is 7.14. The van der Waals surface area contributed by atoms with E-state index >= 15 is 0 Å². The van der Waals surface area contributed by atoms with Gasteiger partial charge in [-0.15, -0.1) is 11.8 Å². The zero-order valence-electron chi connectivity index (χ0n) is 19.4. The van der Waals surface area contributed by atoms with Gasteiger partial charge in [-0.1, -0.05) is 0 Å². The molecule has 1 amide bonds. The summed E-state index contributed by atoms with van der Waals surface area (Å²) in [7, 11) is 1.58. The molecule has 0 radical (unpaired) electrons. The van der Waals surface area contributed by atoms with E-state index in [1.807, 2.05) is 24.3 Å². The highest BCUT2D eigenvalue weighted by atomic mass is 32.2. The van der Waals surface area contributed by atoms with Crippen LogP contribution in [0.2, 0.25) is 0 Å². The quantitative estimate of drug-likeness (QED) is 0.457. The fourth-order valence-electron chi connectivity index (χ4n) is 4.53. The van der Waals surface area contributed by atoms with Crippen molar-refractivity contribution >= 4 is 34.4 Å². The van der Waals surface area contributed by atoms with Crippen LogP contribution in [0.15, 0.2) is 41.4 Å². The summed E-state index contributed by atoms with van der Waals surface area (Å²) >= 11 is 1.50. The Bertz CT molecular complexity index is 1240. The molecule has 1 saturated heterocycles. The van der Waals surface area contributed by atoms with Gasteiger partial charge in [-0.3, -0.25) is 9.78 Å². The molecule has 35 heavy (non-hydrogen) atoms. The number of halogens is 1. The van der Waals surface area contributed by atoms with Gasteiger partial charge in [0.05, 0.1) is 47.9 Å². The van der Waals surface area contributed by atoms with Crippen LogP contribution in [0.4, 0.5) is 10.2 Å². The molecule has 2 aliphatic heterocycles. The maximum absolute atomic E-state index is 14.7. The highest BCUT2D eigenvalue weighted by Gasteiger charge is 2.28. The molecule has 0 saturated carbocycles. The molecule has 10 heteroatoms. The van der Waals surface area contributed by atoms with E-state index < -0.39 is 0 Å². The number of carbonyl (C=O) groups excluding carboxylic acids is 1. The number of fused-ring (bicyclic) bond motifs is 2. The van der Waals surface area contributed by atoms with Crippen LogP contribution in [0.25, 0.3) is 10.9 Å². The second-order valence-corrected chi connectivity index (χ2v) is 9.87. The molecule has 2 aliphatic rings. The molecule has 8 nitrogen and oxygen atoms in total. The van der Waals surface area contributed by atoms with E-state index in [0.29, 0.717) is 53.4 Å². The molecule has 1 unspecified atom stereocenters. The maximum Gasteiger partial charge on any atom is 0.235 e. The number of thioether (sulfide) groups is 1. The normalized spacial score (nSPS) is 20.8. The molecule has 3 aromatic rings. The zero-order valence-corrected chi connectivity index (χ0v) is 20.2. The fraction of sp³-hybridized carbons (Fsp3) is 0.400. The minimum Gasteiger partial charge on any atom is -0.497 e. The number of pyridine rings is 2. The zero-order chi connectivity index (χ0) is 24.4. The number of nitrogens with two attached hydrogens (primary N) is 1. The molecule has 0 aliphatic carbocycles. The third-order valence-electron chi connectivity index (χ3n) is 6.47. The highest BCUT2D eigenvalue weighted by Crippen LogP contribution is 2.30. The number of nitrogens with one attached hydrogen (secondary N) is 2. The smallest absolute Gasteiger partial charge is 0.235 e. The predicted molar refractivity (Wildman–Crippen MR) is 133 cm³/mol. The lowest BCUT2D eigenvalue weighted by molar-refractivity contribution is -0.113. The topological polar surface area (TPSA) is 111 Å². The average molecular weight is 498 g/mol. The van der Waals surface area contributed by atoms with Crippen LogP contribution in [0.5, 0.6) is 5.75 Å². The van der Waals surface area contributed by atoms with E-state index in [1.54, 1.807) is 13.2 Å². The lowest BCUT2D eigenvalue weighted by atomic mass is 9.93. The molecule has 2 aromatic heterocycles. The van der Waals surface area contributed by atoms with Crippen LogP contribution in [0.3, 0.4) is 0 Å².